The summed E-state index contributed by atoms with van der Waals surface area (Å²) in [5.41, 5.74) is 1.46. The van der Waals surface area contributed by atoms with E-state index in [-0.39, 0.29) is 17.0 Å². The lowest BCUT2D eigenvalue weighted by molar-refractivity contribution is 0.0999. The number of hydrogen-bond donors (Lipinski definition) is 2. The normalized spacial score (nSPS) is 10.7. The number of methoxy groups -OCH3 is 1. The van der Waals surface area contributed by atoms with Crippen LogP contribution in [-0.2, 0) is 0 Å². The highest BCUT2D eigenvalue weighted by Gasteiger charge is 2.24. The minimum Gasteiger partial charge on any atom is -0.496 e. The third-order valence-corrected chi connectivity index (χ3v) is 5.04. The molecule has 4 rings (SSSR count). The Hall–Kier alpha value is -3.48. The average Bonchev–Trinajstić information content (AvgIpc) is 3.14. The number of rotatable bonds is 5. The molecule has 0 bridgehead atoms. The number of hydrogen-bond acceptors (Lipinski definition) is 4. The molecule has 0 radical (unpaired) electrons. The Labute approximate surface area is 187 Å². The Morgan fingerprint density at radius 1 is 0.871 bits per heavy atom. The van der Waals surface area contributed by atoms with Crippen LogP contribution in [0.4, 0.5) is 11.4 Å². The zero-order chi connectivity index (χ0) is 22.0. The maximum absolute atomic E-state index is 13.0. The molecule has 1 heterocycles. The van der Waals surface area contributed by atoms with E-state index in [4.69, 9.17) is 32.4 Å². The summed E-state index contributed by atoms with van der Waals surface area (Å²) >= 11 is 11.9. The molecule has 0 fully saturated rings. The minimum atomic E-state index is -0.521. The molecule has 0 spiro atoms. The van der Waals surface area contributed by atoms with E-state index in [1.807, 2.05) is 0 Å². The molecule has 4 aromatic rings. The topological polar surface area (TPSA) is 80.6 Å². The molecule has 2 N–H and O–H groups in total. The smallest absolute Gasteiger partial charge is 0.293 e. The second kappa shape index (κ2) is 8.71. The van der Waals surface area contributed by atoms with Crippen LogP contribution in [0.25, 0.3) is 11.0 Å². The predicted molar refractivity (Wildman–Crippen MR) is 122 cm³/mol. The van der Waals surface area contributed by atoms with Gasteiger partial charge in [0.05, 0.1) is 12.7 Å². The van der Waals surface area contributed by atoms with Crippen molar-refractivity contribution >= 4 is 57.4 Å². The molecule has 2 amide bonds. The molecule has 3 aromatic carbocycles. The number of fused-ring (bicyclic) bond motifs is 1. The number of anilines is 2. The zero-order valence-electron chi connectivity index (χ0n) is 16.2. The average molecular weight is 455 g/mol. The molecule has 0 aliphatic heterocycles. The lowest BCUT2D eigenvalue weighted by Crippen LogP contribution is -2.17. The van der Waals surface area contributed by atoms with E-state index in [1.165, 1.54) is 13.2 Å². The Balaban J connectivity index is 1.71. The van der Waals surface area contributed by atoms with Gasteiger partial charge < -0.3 is 19.8 Å². The van der Waals surface area contributed by atoms with Gasteiger partial charge in [0, 0.05) is 21.1 Å². The fourth-order valence-electron chi connectivity index (χ4n) is 3.09. The first-order chi connectivity index (χ1) is 15.0. The quantitative estimate of drug-likeness (QED) is 0.373. The summed E-state index contributed by atoms with van der Waals surface area (Å²) in [5.74, 6) is -0.703. The van der Waals surface area contributed by atoms with Crippen LogP contribution >= 0.6 is 23.2 Å². The number of amides is 2. The van der Waals surface area contributed by atoms with E-state index in [0.29, 0.717) is 32.5 Å². The zero-order valence-corrected chi connectivity index (χ0v) is 17.8. The molecule has 0 saturated carbocycles. The maximum atomic E-state index is 13.0. The van der Waals surface area contributed by atoms with Gasteiger partial charge in [-0.2, -0.15) is 0 Å². The SMILES string of the molecule is COc1ccc(Cl)cc1C(=O)Nc1c(C(=O)Nc2ccc(Cl)cc2)oc2ccccc12. The Bertz CT molecular complexity index is 1280. The van der Waals surface area contributed by atoms with Crippen LogP contribution in [0.3, 0.4) is 0 Å². The van der Waals surface area contributed by atoms with Crippen molar-refractivity contribution < 1.29 is 18.7 Å². The van der Waals surface area contributed by atoms with E-state index in [2.05, 4.69) is 10.6 Å². The maximum Gasteiger partial charge on any atom is 0.293 e. The number of nitrogens with one attached hydrogen (secondary N) is 2. The van der Waals surface area contributed by atoms with Crippen molar-refractivity contribution in [3.05, 3.63) is 88.1 Å². The number of halogens is 2. The Morgan fingerprint density at radius 2 is 1.58 bits per heavy atom. The summed E-state index contributed by atoms with van der Waals surface area (Å²) in [6, 6.07) is 18.4. The number of carbonyl (C=O) groups is 2. The van der Waals surface area contributed by atoms with Crippen molar-refractivity contribution in [3.8, 4) is 5.75 Å². The van der Waals surface area contributed by atoms with Crippen molar-refractivity contribution in [3.63, 3.8) is 0 Å². The number of furan rings is 1. The number of ether oxygens (including phenoxy) is 1. The summed E-state index contributed by atoms with van der Waals surface area (Å²) in [5, 5.41) is 7.02. The standard InChI is InChI=1S/C23H16Cl2N2O4/c1-30-18-11-8-14(25)12-17(18)22(28)27-20-16-4-2-3-5-19(16)31-21(20)23(29)26-15-9-6-13(24)7-10-15/h2-12H,1H3,(H,26,29)(H,27,28). The van der Waals surface area contributed by atoms with Crippen LogP contribution in [0, 0.1) is 0 Å². The first kappa shape index (κ1) is 20.8. The van der Waals surface area contributed by atoms with Crippen LogP contribution in [0.15, 0.2) is 71.1 Å². The van der Waals surface area contributed by atoms with E-state index in [1.54, 1.807) is 60.7 Å². The Kier molecular flexibility index (Phi) is 5.84. The van der Waals surface area contributed by atoms with E-state index >= 15 is 0 Å². The summed E-state index contributed by atoms with van der Waals surface area (Å²) in [6.45, 7) is 0. The summed E-state index contributed by atoms with van der Waals surface area (Å²) in [7, 11) is 1.46. The number of carbonyl (C=O) groups excluding carboxylic acids is 2. The van der Waals surface area contributed by atoms with Crippen molar-refractivity contribution in [1.82, 2.24) is 0 Å². The third-order valence-electron chi connectivity index (χ3n) is 4.55. The first-order valence-electron chi connectivity index (χ1n) is 9.19. The monoisotopic (exact) mass is 454 g/mol. The van der Waals surface area contributed by atoms with Gasteiger partial charge in [-0.3, -0.25) is 9.59 Å². The van der Waals surface area contributed by atoms with Gasteiger partial charge in [0.25, 0.3) is 11.8 Å². The molecule has 0 aliphatic rings. The third kappa shape index (κ3) is 4.35. The molecule has 0 atom stereocenters. The second-order valence-corrected chi connectivity index (χ2v) is 7.43. The van der Waals surface area contributed by atoms with Gasteiger partial charge in [-0.05, 0) is 54.6 Å². The minimum absolute atomic E-state index is 0.0366. The Morgan fingerprint density at radius 3 is 2.32 bits per heavy atom. The fourth-order valence-corrected chi connectivity index (χ4v) is 3.39. The number of para-hydroxylation sites is 1. The molecular formula is C23H16Cl2N2O4. The van der Waals surface area contributed by atoms with Gasteiger partial charge in [0.2, 0.25) is 5.76 Å². The summed E-state index contributed by atoms with van der Waals surface area (Å²) in [4.78, 5) is 26.0. The largest absolute Gasteiger partial charge is 0.496 e. The second-order valence-electron chi connectivity index (χ2n) is 6.56. The van der Waals surface area contributed by atoms with Gasteiger partial charge in [-0.25, -0.2) is 0 Å². The fraction of sp³-hybridized carbons (Fsp3) is 0.0435. The van der Waals surface area contributed by atoms with Gasteiger partial charge in [0.15, 0.2) is 0 Å². The predicted octanol–water partition coefficient (Wildman–Crippen LogP) is 6.25. The molecule has 0 saturated heterocycles. The number of benzene rings is 3. The first-order valence-corrected chi connectivity index (χ1v) is 9.95. The highest BCUT2D eigenvalue weighted by Crippen LogP contribution is 2.33. The van der Waals surface area contributed by atoms with Crippen molar-refractivity contribution in [2.24, 2.45) is 0 Å². The molecule has 6 nitrogen and oxygen atoms in total. The highest BCUT2D eigenvalue weighted by atomic mass is 35.5. The van der Waals surface area contributed by atoms with Crippen LogP contribution in [0.2, 0.25) is 10.0 Å². The molecule has 0 aliphatic carbocycles. The van der Waals surface area contributed by atoms with Crippen molar-refractivity contribution in [1.29, 1.82) is 0 Å². The highest BCUT2D eigenvalue weighted by molar-refractivity contribution is 6.31. The van der Waals surface area contributed by atoms with Crippen LogP contribution in [0.5, 0.6) is 5.75 Å². The lowest BCUT2D eigenvalue weighted by atomic mass is 10.1. The van der Waals surface area contributed by atoms with E-state index < -0.39 is 11.8 Å². The molecule has 0 unspecified atom stereocenters. The van der Waals surface area contributed by atoms with Crippen LogP contribution in [0.1, 0.15) is 20.9 Å². The van der Waals surface area contributed by atoms with Gasteiger partial charge in [-0.1, -0.05) is 35.3 Å². The molecule has 31 heavy (non-hydrogen) atoms. The molecule has 1 aromatic heterocycles. The molecular weight excluding hydrogens is 439 g/mol. The molecule has 8 heteroatoms. The summed E-state index contributed by atoms with van der Waals surface area (Å²) in [6.07, 6.45) is 0. The van der Waals surface area contributed by atoms with Crippen molar-refractivity contribution in [2.75, 3.05) is 17.7 Å². The van der Waals surface area contributed by atoms with Gasteiger partial charge >= 0.3 is 0 Å². The van der Waals surface area contributed by atoms with Gasteiger partial charge in [0.1, 0.15) is 17.0 Å². The lowest BCUT2D eigenvalue weighted by Gasteiger charge is -2.10. The van der Waals surface area contributed by atoms with Gasteiger partial charge in [-0.15, -0.1) is 0 Å². The van der Waals surface area contributed by atoms with Crippen LogP contribution in [-0.4, -0.2) is 18.9 Å². The van der Waals surface area contributed by atoms with Crippen LogP contribution < -0.4 is 15.4 Å². The van der Waals surface area contributed by atoms with E-state index in [9.17, 15) is 9.59 Å². The molecule has 156 valence electrons. The summed E-state index contributed by atoms with van der Waals surface area (Å²) < 4.78 is 11.0. The van der Waals surface area contributed by atoms with Crippen molar-refractivity contribution in [2.45, 2.75) is 0 Å². The van der Waals surface area contributed by atoms with E-state index in [0.717, 1.165) is 0 Å².